The quantitative estimate of drug-likeness (QED) is 0.511. The fourth-order valence-electron chi connectivity index (χ4n) is 0.942. The Morgan fingerprint density at radius 2 is 1.93 bits per heavy atom. The molecule has 0 aliphatic rings. The molecule has 0 radical (unpaired) electrons. The molecule has 0 saturated heterocycles. The number of benzene rings is 1. The van der Waals surface area contributed by atoms with Gasteiger partial charge in [-0.05, 0) is 12.1 Å². The van der Waals surface area contributed by atoms with Crippen molar-refractivity contribution in [2.24, 2.45) is 4.99 Å². The molecular weight excluding hydrogens is 200 g/mol. The van der Waals surface area contributed by atoms with E-state index in [2.05, 4.69) is 4.99 Å². The molecule has 0 fully saturated rings. The maximum atomic E-state index is 11.6. The number of nitrogens with zero attached hydrogens (tertiary/aromatic N) is 2. The molecule has 0 saturated carbocycles. The van der Waals surface area contributed by atoms with Crippen molar-refractivity contribution in [3.8, 4) is 6.07 Å². The number of nitriles is 1. The Labute approximate surface area is 82.4 Å². The molecule has 0 aliphatic heterocycles. The molecule has 0 bridgehead atoms. The molecule has 0 aromatic heterocycles. The minimum absolute atomic E-state index is 0.0853. The van der Waals surface area contributed by atoms with Crippen molar-refractivity contribution >= 4 is 14.9 Å². The van der Waals surface area contributed by atoms with Gasteiger partial charge in [-0.2, -0.15) is 5.26 Å². The minimum Gasteiger partial charge on any atom is -0.267 e. The summed E-state index contributed by atoms with van der Waals surface area (Å²) in [6.07, 6.45) is 0. The summed E-state index contributed by atoms with van der Waals surface area (Å²) in [7, 11) is -2.44. The number of hydrogen-bond donors (Lipinski definition) is 0. The summed E-state index contributed by atoms with van der Waals surface area (Å²) in [5, 5.41) is 8.09. The van der Waals surface area contributed by atoms with Gasteiger partial charge in [0.1, 0.15) is 6.07 Å². The molecule has 1 rings (SSSR count). The standard InChI is InChI=1S/C9H8N2O2S/c1-11-9(7-10)14(12,13)8-5-3-2-4-6-8/h2-6H,1H3. The van der Waals surface area contributed by atoms with Crippen molar-refractivity contribution < 1.29 is 8.42 Å². The topological polar surface area (TPSA) is 70.3 Å². The molecule has 0 heterocycles. The number of rotatable bonds is 1. The van der Waals surface area contributed by atoms with Gasteiger partial charge < -0.3 is 0 Å². The summed E-state index contributed by atoms with van der Waals surface area (Å²) in [5.74, 6) is 0. The Balaban J connectivity index is 3.32. The van der Waals surface area contributed by atoms with Crippen LogP contribution in [0.4, 0.5) is 0 Å². The molecule has 14 heavy (non-hydrogen) atoms. The molecule has 0 unspecified atom stereocenters. The van der Waals surface area contributed by atoms with Crippen LogP contribution >= 0.6 is 0 Å². The third-order valence-electron chi connectivity index (χ3n) is 1.61. The molecule has 0 atom stereocenters. The zero-order chi connectivity index (χ0) is 10.6. The van der Waals surface area contributed by atoms with Gasteiger partial charge in [-0.3, -0.25) is 4.99 Å². The van der Waals surface area contributed by atoms with Gasteiger partial charge in [-0.25, -0.2) is 8.42 Å². The summed E-state index contributed by atoms with van der Waals surface area (Å²) in [6.45, 7) is 0. The molecule has 72 valence electrons. The van der Waals surface area contributed by atoms with Crippen molar-refractivity contribution in [1.29, 1.82) is 5.26 Å². The summed E-state index contributed by atoms with van der Waals surface area (Å²) >= 11 is 0. The molecule has 5 heteroatoms. The molecule has 0 spiro atoms. The lowest BCUT2D eigenvalue weighted by Gasteiger charge is -1.99. The van der Waals surface area contributed by atoms with Crippen molar-refractivity contribution in [2.45, 2.75) is 4.90 Å². The lowest BCUT2D eigenvalue weighted by atomic mass is 10.4. The predicted octanol–water partition coefficient (Wildman–Crippen LogP) is 1.01. The second kappa shape index (κ2) is 4.03. The maximum Gasteiger partial charge on any atom is 0.233 e. The second-order valence-corrected chi connectivity index (χ2v) is 4.32. The molecular formula is C9H8N2O2S. The van der Waals surface area contributed by atoms with Gasteiger partial charge in [0.2, 0.25) is 14.9 Å². The summed E-state index contributed by atoms with van der Waals surface area (Å²) in [6, 6.07) is 9.30. The normalized spacial score (nSPS) is 12.1. The Morgan fingerprint density at radius 1 is 1.36 bits per heavy atom. The molecule has 0 aliphatic carbocycles. The van der Waals surface area contributed by atoms with E-state index >= 15 is 0 Å². The van der Waals surface area contributed by atoms with Crippen LogP contribution in [-0.4, -0.2) is 20.5 Å². The van der Waals surface area contributed by atoms with Crippen molar-refractivity contribution in [3.63, 3.8) is 0 Å². The van der Waals surface area contributed by atoms with E-state index in [-0.39, 0.29) is 4.90 Å². The van der Waals surface area contributed by atoms with Crippen LogP contribution in [0, 0.1) is 11.3 Å². The highest BCUT2D eigenvalue weighted by Crippen LogP contribution is 2.11. The Morgan fingerprint density at radius 3 is 2.36 bits per heavy atom. The van der Waals surface area contributed by atoms with Gasteiger partial charge in [0, 0.05) is 7.05 Å². The first kappa shape index (κ1) is 10.4. The van der Waals surface area contributed by atoms with Crippen LogP contribution in [0.15, 0.2) is 40.2 Å². The molecule has 1 aromatic carbocycles. The van der Waals surface area contributed by atoms with Crippen molar-refractivity contribution in [1.82, 2.24) is 0 Å². The minimum atomic E-state index is -3.71. The van der Waals surface area contributed by atoms with Gasteiger partial charge in [0.25, 0.3) is 0 Å². The van der Waals surface area contributed by atoms with E-state index in [1.807, 2.05) is 0 Å². The first-order valence-electron chi connectivity index (χ1n) is 3.80. The number of aliphatic imine (C=N–C) groups is 1. The maximum absolute atomic E-state index is 11.6. The first-order chi connectivity index (χ1) is 6.62. The highest BCUT2D eigenvalue weighted by atomic mass is 32.2. The highest BCUT2D eigenvalue weighted by molar-refractivity contribution is 8.07. The van der Waals surface area contributed by atoms with Crippen LogP contribution in [0.1, 0.15) is 0 Å². The van der Waals surface area contributed by atoms with Crippen LogP contribution < -0.4 is 0 Å². The first-order valence-corrected chi connectivity index (χ1v) is 5.28. The van der Waals surface area contributed by atoms with Gasteiger partial charge in [0.15, 0.2) is 0 Å². The van der Waals surface area contributed by atoms with Crippen LogP contribution in [0.3, 0.4) is 0 Å². The Kier molecular flexibility index (Phi) is 2.99. The zero-order valence-corrected chi connectivity index (χ0v) is 8.32. The van der Waals surface area contributed by atoms with E-state index in [1.54, 1.807) is 24.3 Å². The van der Waals surface area contributed by atoms with Crippen LogP contribution in [0.5, 0.6) is 0 Å². The summed E-state index contributed by atoms with van der Waals surface area (Å²) in [5.41, 5.74) is 0. The number of hydrogen-bond acceptors (Lipinski definition) is 4. The Bertz CT molecular complexity index is 483. The average Bonchev–Trinajstić information content (AvgIpc) is 2.20. The van der Waals surface area contributed by atoms with E-state index in [9.17, 15) is 8.42 Å². The smallest absolute Gasteiger partial charge is 0.233 e. The number of sulfone groups is 1. The van der Waals surface area contributed by atoms with E-state index in [1.165, 1.54) is 19.2 Å². The molecule has 1 aromatic rings. The van der Waals surface area contributed by atoms with E-state index in [4.69, 9.17) is 5.26 Å². The van der Waals surface area contributed by atoms with Gasteiger partial charge in [-0.15, -0.1) is 0 Å². The van der Waals surface area contributed by atoms with Crippen LogP contribution in [0.25, 0.3) is 0 Å². The van der Waals surface area contributed by atoms with Gasteiger partial charge >= 0.3 is 0 Å². The Hall–Kier alpha value is -1.67. The van der Waals surface area contributed by atoms with E-state index in [0.29, 0.717) is 0 Å². The lowest BCUT2D eigenvalue weighted by Crippen LogP contribution is -2.12. The summed E-state index contributed by atoms with van der Waals surface area (Å²) in [4.78, 5) is 3.51. The van der Waals surface area contributed by atoms with E-state index < -0.39 is 14.9 Å². The third kappa shape index (κ3) is 1.80. The average molecular weight is 208 g/mol. The second-order valence-electron chi connectivity index (χ2n) is 2.46. The fourth-order valence-corrected chi connectivity index (χ4v) is 2.04. The fraction of sp³-hybridized carbons (Fsp3) is 0.111. The molecule has 0 amide bonds. The van der Waals surface area contributed by atoms with Crippen molar-refractivity contribution in [3.05, 3.63) is 30.3 Å². The zero-order valence-electron chi connectivity index (χ0n) is 7.51. The lowest BCUT2D eigenvalue weighted by molar-refractivity contribution is 0.607. The van der Waals surface area contributed by atoms with Crippen LogP contribution in [0.2, 0.25) is 0 Å². The monoisotopic (exact) mass is 208 g/mol. The summed E-state index contributed by atoms with van der Waals surface area (Å²) < 4.78 is 23.3. The highest BCUT2D eigenvalue weighted by Gasteiger charge is 2.20. The van der Waals surface area contributed by atoms with Gasteiger partial charge in [0.05, 0.1) is 4.90 Å². The SMILES string of the molecule is CN=C(C#N)S(=O)(=O)c1ccccc1. The predicted molar refractivity (Wildman–Crippen MR) is 52.6 cm³/mol. The largest absolute Gasteiger partial charge is 0.267 e. The third-order valence-corrected chi connectivity index (χ3v) is 3.28. The molecule has 0 N–H and O–H groups in total. The van der Waals surface area contributed by atoms with Gasteiger partial charge in [-0.1, -0.05) is 18.2 Å². The van der Waals surface area contributed by atoms with E-state index in [0.717, 1.165) is 0 Å². The molecule has 4 nitrogen and oxygen atoms in total. The van der Waals surface area contributed by atoms with Crippen LogP contribution in [-0.2, 0) is 9.84 Å². The van der Waals surface area contributed by atoms with Crippen molar-refractivity contribution in [2.75, 3.05) is 7.05 Å².